The van der Waals surface area contributed by atoms with Gasteiger partial charge < -0.3 is 5.32 Å². The van der Waals surface area contributed by atoms with E-state index < -0.39 is 24.2 Å². The van der Waals surface area contributed by atoms with Crippen molar-refractivity contribution < 1.29 is 22.0 Å². The van der Waals surface area contributed by atoms with Crippen molar-refractivity contribution in [2.75, 3.05) is 6.54 Å². The third-order valence-corrected chi connectivity index (χ3v) is 3.07. The van der Waals surface area contributed by atoms with Crippen molar-refractivity contribution in [2.45, 2.75) is 45.6 Å². The summed E-state index contributed by atoms with van der Waals surface area (Å²) >= 11 is 0. The van der Waals surface area contributed by atoms with Crippen LogP contribution < -0.4 is 5.32 Å². The maximum absolute atomic E-state index is 13.7. The summed E-state index contributed by atoms with van der Waals surface area (Å²) < 4.78 is 66.1. The van der Waals surface area contributed by atoms with Gasteiger partial charge in [0.2, 0.25) is 0 Å². The third kappa shape index (κ3) is 3.48. The molecule has 1 nitrogen and oxygen atoms in total. The molecule has 1 N–H and O–H groups in total. The van der Waals surface area contributed by atoms with Crippen LogP contribution in [0.3, 0.4) is 0 Å². The van der Waals surface area contributed by atoms with Crippen molar-refractivity contribution in [1.82, 2.24) is 5.32 Å². The van der Waals surface area contributed by atoms with Gasteiger partial charge in [0.25, 0.3) is 0 Å². The highest BCUT2D eigenvalue weighted by Gasteiger charge is 2.49. The fourth-order valence-corrected chi connectivity index (χ4v) is 2.04. The molecule has 20 heavy (non-hydrogen) atoms. The zero-order valence-corrected chi connectivity index (χ0v) is 11.6. The zero-order chi connectivity index (χ0) is 15.5. The van der Waals surface area contributed by atoms with Gasteiger partial charge in [-0.1, -0.05) is 19.1 Å². The number of nitrogens with one attached hydrogen (secondary N) is 1. The second-order valence-electron chi connectivity index (χ2n) is 4.83. The minimum Gasteiger partial charge on any atom is -0.305 e. The number of aryl methyl sites for hydroxylation is 2. The lowest BCUT2D eigenvalue weighted by Gasteiger charge is -2.28. The zero-order valence-electron chi connectivity index (χ0n) is 11.6. The highest BCUT2D eigenvalue weighted by atomic mass is 19.3. The number of hydrogen-bond donors (Lipinski definition) is 1. The van der Waals surface area contributed by atoms with Gasteiger partial charge in [-0.15, -0.1) is 0 Å². The van der Waals surface area contributed by atoms with Gasteiger partial charge in [-0.05, 0) is 43.5 Å². The Morgan fingerprint density at radius 2 is 1.65 bits per heavy atom. The minimum atomic E-state index is -4.22. The van der Waals surface area contributed by atoms with Gasteiger partial charge in [0.05, 0.1) is 0 Å². The molecule has 0 amide bonds. The second kappa shape index (κ2) is 6.52. The molecular formula is C14H18F5N. The summed E-state index contributed by atoms with van der Waals surface area (Å²) in [6.45, 7) is 4.75. The van der Waals surface area contributed by atoms with Gasteiger partial charge in [0.1, 0.15) is 11.9 Å². The van der Waals surface area contributed by atoms with E-state index in [-0.39, 0.29) is 23.2 Å². The van der Waals surface area contributed by atoms with Crippen molar-refractivity contribution in [3.05, 3.63) is 34.6 Å². The van der Waals surface area contributed by atoms with Crippen LogP contribution in [-0.4, -0.2) is 18.9 Å². The highest BCUT2D eigenvalue weighted by Crippen LogP contribution is 2.37. The molecule has 0 bridgehead atoms. The van der Waals surface area contributed by atoms with E-state index in [4.69, 9.17) is 0 Å². The first kappa shape index (κ1) is 16.9. The molecule has 0 spiro atoms. The van der Waals surface area contributed by atoms with E-state index in [1.54, 1.807) is 6.92 Å². The quantitative estimate of drug-likeness (QED) is 0.768. The molecule has 1 unspecified atom stereocenters. The number of rotatable bonds is 6. The fourth-order valence-electron chi connectivity index (χ4n) is 2.04. The molecule has 0 radical (unpaired) electrons. The smallest absolute Gasteiger partial charge is 0.305 e. The first-order chi connectivity index (χ1) is 9.21. The molecule has 0 fully saturated rings. The van der Waals surface area contributed by atoms with E-state index in [1.165, 1.54) is 26.0 Å². The van der Waals surface area contributed by atoms with Crippen molar-refractivity contribution >= 4 is 0 Å². The molecule has 1 aromatic rings. The molecule has 1 atom stereocenters. The topological polar surface area (TPSA) is 12.0 Å². The SMILES string of the molecule is CCCNC(c1cc(C)c(F)c(C)c1)C(F)(F)C(F)F. The highest BCUT2D eigenvalue weighted by molar-refractivity contribution is 5.33. The fraction of sp³-hybridized carbons (Fsp3) is 0.571. The van der Waals surface area contributed by atoms with Crippen LogP contribution in [0.4, 0.5) is 22.0 Å². The Labute approximate surface area is 115 Å². The van der Waals surface area contributed by atoms with Crippen LogP contribution >= 0.6 is 0 Å². The molecule has 0 heterocycles. The average molecular weight is 295 g/mol. The van der Waals surface area contributed by atoms with Crippen molar-refractivity contribution in [1.29, 1.82) is 0 Å². The number of alkyl halides is 4. The predicted molar refractivity (Wildman–Crippen MR) is 67.9 cm³/mol. The number of benzene rings is 1. The van der Waals surface area contributed by atoms with Crippen LogP contribution in [0.25, 0.3) is 0 Å². The van der Waals surface area contributed by atoms with Crippen LogP contribution in [0.1, 0.15) is 36.1 Å². The Kier molecular flexibility index (Phi) is 5.50. The first-order valence-electron chi connectivity index (χ1n) is 6.37. The van der Waals surface area contributed by atoms with Crippen molar-refractivity contribution in [3.63, 3.8) is 0 Å². The summed E-state index contributed by atoms with van der Waals surface area (Å²) in [4.78, 5) is 0. The molecule has 0 saturated carbocycles. The predicted octanol–water partition coefficient (Wildman–Crippen LogP) is 4.38. The van der Waals surface area contributed by atoms with Crippen LogP contribution in [0.5, 0.6) is 0 Å². The molecule has 0 aromatic heterocycles. The molecule has 0 aliphatic carbocycles. The van der Waals surface area contributed by atoms with E-state index in [1.807, 2.05) is 0 Å². The number of hydrogen-bond acceptors (Lipinski definition) is 1. The average Bonchev–Trinajstić information content (AvgIpc) is 2.35. The summed E-state index contributed by atoms with van der Waals surface area (Å²) in [7, 11) is 0. The van der Waals surface area contributed by atoms with Gasteiger partial charge in [0, 0.05) is 0 Å². The Morgan fingerprint density at radius 3 is 2.05 bits per heavy atom. The van der Waals surface area contributed by atoms with Crippen molar-refractivity contribution in [2.24, 2.45) is 0 Å². The van der Waals surface area contributed by atoms with Crippen LogP contribution in [0.15, 0.2) is 12.1 Å². The molecule has 0 aliphatic heterocycles. The van der Waals surface area contributed by atoms with Crippen LogP contribution in [0.2, 0.25) is 0 Å². The normalized spacial score (nSPS) is 13.8. The van der Waals surface area contributed by atoms with Crippen molar-refractivity contribution in [3.8, 4) is 0 Å². The van der Waals surface area contributed by atoms with Gasteiger partial charge in [0.15, 0.2) is 0 Å². The summed E-state index contributed by atoms with van der Waals surface area (Å²) in [6.07, 6.45) is -3.27. The van der Waals surface area contributed by atoms with Gasteiger partial charge >= 0.3 is 12.3 Å². The molecule has 0 saturated heterocycles. The van der Waals surface area contributed by atoms with E-state index in [0.29, 0.717) is 6.42 Å². The van der Waals surface area contributed by atoms with Crippen LogP contribution in [0, 0.1) is 19.7 Å². The van der Waals surface area contributed by atoms with E-state index in [0.717, 1.165) is 0 Å². The third-order valence-electron chi connectivity index (χ3n) is 3.07. The summed E-state index contributed by atoms with van der Waals surface area (Å²) in [5.41, 5.74) is 0.293. The van der Waals surface area contributed by atoms with Gasteiger partial charge in [-0.3, -0.25) is 0 Å². The summed E-state index contributed by atoms with van der Waals surface area (Å²) in [5, 5.41) is 2.43. The molecule has 6 heteroatoms. The van der Waals surface area contributed by atoms with Gasteiger partial charge in [-0.2, -0.15) is 8.78 Å². The van der Waals surface area contributed by atoms with Crippen LogP contribution in [-0.2, 0) is 0 Å². The molecular weight excluding hydrogens is 277 g/mol. The first-order valence-corrected chi connectivity index (χ1v) is 6.37. The summed E-state index contributed by atoms with van der Waals surface area (Å²) in [6, 6.07) is 0.540. The lowest BCUT2D eigenvalue weighted by Crippen LogP contribution is -2.43. The second-order valence-corrected chi connectivity index (χ2v) is 4.83. The largest absolute Gasteiger partial charge is 0.326 e. The summed E-state index contributed by atoms with van der Waals surface area (Å²) in [5.74, 6) is -4.73. The molecule has 0 aliphatic rings. The number of halogens is 5. The maximum Gasteiger partial charge on any atom is 0.326 e. The Morgan fingerprint density at radius 1 is 1.15 bits per heavy atom. The lowest BCUT2D eigenvalue weighted by molar-refractivity contribution is -0.151. The molecule has 1 rings (SSSR count). The standard InChI is InChI=1S/C14H18F5N/c1-4-5-20-12(14(18,19)13(16)17)10-6-8(2)11(15)9(3)7-10/h6-7,12-13,20H,4-5H2,1-3H3. The minimum absolute atomic E-state index is 0.0276. The molecule has 1 aromatic carbocycles. The monoisotopic (exact) mass is 295 g/mol. The Balaban J connectivity index is 3.24. The molecule has 114 valence electrons. The Hall–Kier alpha value is -1.17. The maximum atomic E-state index is 13.7. The van der Waals surface area contributed by atoms with E-state index >= 15 is 0 Å². The Bertz CT molecular complexity index is 436. The van der Waals surface area contributed by atoms with E-state index in [9.17, 15) is 22.0 Å². The van der Waals surface area contributed by atoms with E-state index in [2.05, 4.69) is 5.32 Å². The lowest BCUT2D eigenvalue weighted by atomic mass is 9.96. The van der Waals surface area contributed by atoms with Gasteiger partial charge in [-0.25, -0.2) is 13.2 Å².